The van der Waals surface area contributed by atoms with Gasteiger partial charge in [0.05, 0.1) is 12.7 Å². The smallest absolute Gasteiger partial charge is 0.123 e. The van der Waals surface area contributed by atoms with Crippen molar-refractivity contribution >= 4 is 16.8 Å². The Kier molecular flexibility index (Phi) is 8.04. The van der Waals surface area contributed by atoms with Crippen LogP contribution in [0.2, 0.25) is 0 Å². The third kappa shape index (κ3) is 5.34. The standard InChI is InChI=1S/C25H32O3/c1-5-19(10-12-24(27)21(14-15-26)18(4)17(2)3)16-20-11-13-25(28)23-9-7-6-8-22(20)23/h6-9,11,13-14,16-17,24,26-28H,4-5,10,12,15H2,1-3H3/b19-16+,21-14-. The van der Waals surface area contributed by atoms with Crippen LogP contribution in [-0.4, -0.2) is 28.0 Å². The van der Waals surface area contributed by atoms with Gasteiger partial charge in [-0.15, -0.1) is 0 Å². The fourth-order valence-electron chi connectivity index (χ4n) is 3.39. The molecule has 0 bridgehead atoms. The van der Waals surface area contributed by atoms with Crippen molar-refractivity contribution < 1.29 is 15.3 Å². The molecular weight excluding hydrogens is 348 g/mol. The summed E-state index contributed by atoms with van der Waals surface area (Å²) in [6.07, 6.45) is 5.38. The Hall–Kier alpha value is -2.36. The van der Waals surface area contributed by atoms with Crippen LogP contribution in [0.15, 0.2) is 65.8 Å². The maximum atomic E-state index is 10.7. The van der Waals surface area contributed by atoms with Gasteiger partial charge in [0.15, 0.2) is 0 Å². The van der Waals surface area contributed by atoms with Crippen LogP contribution >= 0.6 is 0 Å². The number of aromatic hydroxyl groups is 1. The molecule has 0 fully saturated rings. The van der Waals surface area contributed by atoms with Crippen LogP contribution in [0, 0.1) is 5.92 Å². The molecule has 0 saturated heterocycles. The summed E-state index contributed by atoms with van der Waals surface area (Å²) in [5, 5.41) is 31.9. The van der Waals surface area contributed by atoms with E-state index in [1.807, 2.05) is 44.2 Å². The van der Waals surface area contributed by atoms with E-state index in [-0.39, 0.29) is 18.3 Å². The van der Waals surface area contributed by atoms with E-state index < -0.39 is 6.10 Å². The topological polar surface area (TPSA) is 60.7 Å². The second-order valence-electron chi connectivity index (χ2n) is 7.45. The minimum absolute atomic E-state index is 0.103. The van der Waals surface area contributed by atoms with Gasteiger partial charge >= 0.3 is 0 Å². The third-order valence-corrected chi connectivity index (χ3v) is 5.23. The first-order valence-corrected chi connectivity index (χ1v) is 9.97. The third-order valence-electron chi connectivity index (χ3n) is 5.23. The Morgan fingerprint density at radius 1 is 1.11 bits per heavy atom. The molecule has 3 N–H and O–H groups in total. The van der Waals surface area contributed by atoms with Gasteiger partial charge in [-0.3, -0.25) is 0 Å². The van der Waals surface area contributed by atoms with E-state index in [2.05, 4.69) is 19.6 Å². The molecule has 28 heavy (non-hydrogen) atoms. The quantitative estimate of drug-likeness (QED) is 0.496. The summed E-state index contributed by atoms with van der Waals surface area (Å²) in [4.78, 5) is 0. The summed E-state index contributed by atoms with van der Waals surface area (Å²) in [6.45, 7) is 10.2. The lowest BCUT2D eigenvalue weighted by Gasteiger charge is -2.20. The molecule has 0 aliphatic carbocycles. The minimum Gasteiger partial charge on any atom is -0.507 e. The molecule has 0 amide bonds. The van der Waals surface area contributed by atoms with Gasteiger partial charge in [-0.2, -0.15) is 0 Å². The van der Waals surface area contributed by atoms with Crippen molar-refractivity contribution in [2.24, 2.45) is 5.92 Å². The lowest BCUT2D eigenvalue weighted by molar-refractivity contribution is 0.199. The molecule has 2 rings (SSSR count). The van der Waals surface area contributed by atoms with Crippen molar-refractivity contribution in [2.75, 3.05) is 6.61 Å². The predicted octanol–water partition coefficient (Wildman–Crippen LogP) is 5.61. The van der Waals surface area contributed by atoms with Gasteiger partial charge in [0.2, 0.25) is 0 Å². The number of phenols is 1. The first-order chi connectivity index (χ1) is 13.4. The van der Waals surface area contributed by atoms with E-state index in [1.54, 1.807) is 12.1 Å². The molecule has 150 valence electrons. The molecule has 1 unspecified atom stereocenters. The molecule has 3 nitrogen and oxygen atoms in total. The van der Waals surface area contributed by atoms with Crippen LogP contribution in [0.25, 0.3) is 16.8 Å². The fourth-order valence-corrected chi connectivity index (χ4v) is 3.39. The Labute approximate surface area is 168 Å². The Bertz CT molecular complexity index is 874. The van der Waals surface area contributed by atoms with Crippen LogP contribution in [0.1, 0.15) is 45.6 Å². The second kappa shape index (κ2) is 10.3. The summed E-state index contributed by atoms with van der Waals surface area (Å²) in [7, 11) is 0. The zero-order chi connectivity index (χ0) is 20.7. The average Bonchev–Trinajstić information content (AvgIpc) is 2.70. The summed E-state index contributed by atoms with van der Waals surface area (Å²) in [5.41, 5.74) is 3.90. The number of hydrogen-bond donors (Lipinski definition) is 3. The van der Waals surface area contributed by atoms with E-state index in [0.717, 1.165) is 40.3 Å². The predicted molar refractivity (Wildman–Crippen MR) is 118 cm³/mol. The van der Waals surface area contributed by atoms with E-state index in [1.165, 1.54) is 5.57 Å². The monoisotopic (exact) mass is 380 g/mol. The van der Waals surface area contributed by atoms with Gasteiger partial charge in [-0.25, -0.2) is 0 Å². The largest absolute Gasteiger partial charge is 0.507 e. The molecular formula is C25H32O3. The van der Waals surface area contributed by atoms with Crippen molar-refractivity contribution in [3.63, 3.8) is 0 Å². The Morgan fingerprint density at radius 2 is 1.79 bits per heavy atom. The SMILES string of the molecule is C=C(/C(=C/CO)C(O)CC/C(=C/c1ccc(O)c2ccccc12)CC)C(C)C. The number of aliphatic hydroxyl groups excluding tert-OH is 2. The molecule has 0 heterocycles. The highest BCUT2D eigenvalue weighted by atomic mass is 16.3. The normalized spacial score (nSPS) is 13.9. The molecule has 3 heteroatoms. The number of fused-ring (bicyclic) bond motifs is 1. The van der Waals surface area contributed by atoms with E-state index >= 15 is 0 Å². The molecule has 0 radical (unpaired) electrons. The van der Waals surface area contributed by atoms with Gasteiger partial charge in [0.25, 0.3) is 0 Å². The number of rotatable bonds is 9. The molecule has 0 aromatic heterocycles. The maximum absolute atomic E-state index is 10.7. The zero-order valence-electron chi connectivity index (χ0n) is 17.2. The summed E-state index contributed by atoms with van der Waals surface area (Å²) in [6, 6.07) is 11.5. The van der Waals surface area contributed by atoms with Crippen LogP contribution in [0.3, 0.4) is 0 Å². The van der Waals surface area contributed by atoms with Gasteiger partial charge in [0, 0.05) is 5.39 Å². The highest BCUT2D eigenvalue weighted by Gasteiger charge is 2.16. The Balaban J connectivity index is 2.22. The van der Waals surface area contributed by atoms with Crippen LogP contribution in [-0.2, 0) is 0 Å². The number of allylic oxidation sites excluding steroid dienone is 1. The Morgan fingerprint density at radius 3 is 2.39 bits per heavy atom. The summed E-state index contributed by atoms with van der Waals surface area (Å²) < 4.78 is 0. The van der Waals surface area contributed by atoms with Crippen LogP contribution < -0.4 is 0 Å². The lowest BCUT2D eigenvalue weighted by Crippen LogP contribution is -2.15. The summed E-state index contributed by atoms with van der Waals surface area (Å²) in [5.74, 6) is 0.504. The fraction of sp³-hybridized carbons (Fsp3) is 0.360. The summed E-state index contributed by atoms with van der Waals surface area (Å²) >= 11 is 0. The minimum atomic E-state index is -0.645. The second-order valence-corrected chi connectivity index (χ2v) is 7.45. The molecule has 0 aliphatic heterocycles. The number of phenolic OH excluding ortho intramolecular Hbond substituents is 1. The number of hydrogen-bond acceptors (Lipinski definition) is 3. The molecule has 0 aliphatic rings. The van der Waals surface area contributed by atoms with E-state index in [0.29, 0.717) is 6.42 Å². The lowest BCUT2D eigenvalue weighted by atomic mass is 9.89. The van der Waals surface area contributed by atoms with Crippen LogP contribution in [0.5, 0.6) is 5.75 Å². The highest BCUT2D eigenvalue weighted by molar-refractivity contribution is 5.94. The molecule has 2 aromatic carbocycles. The van der Waals surface area contributed by atoms with Gasteiger partial charge in [0.1, 0.15) is 5.75 Å². The zero-order valence-corrected chi connectivity index (χ0v) is 17.2. The van der Waals surface area contributed by atoms with Gasteiger partial charge in [-0.1, -0.05) is 75.4 Å². The number of aliphatic hydroxyl groups is 2. The average molecular weight is 381 g/mol. The highest BCUT2D eigenvalue weighted by Crippen LogP contribution is 2.30. The molecule has 0 spiro atoms. The van der Waals surface area contributed by atoms with E-state index in [9.17, 15) is 15.3 Å². The van der Waals surface area contributed by atoms with Crippen molar-refractivity contribution in [3.05, 3.63) is 71.3 Å². The molecule has 2 aromatic rings. The van der Waals surface area contributed by atoms with E-state index in [4.69, 9.17) is 0 Å². The van der Waals surface area contributed by atoms with Gasteiger partial charge < -0.3 is 15.3 Å². The van der Waals surface area contributed by atoms with Crippen molar-refractivity contribution in [3.8, 4) is 5.75 Å². The first kappa shape index (κ1) is 21.9. The first-order valence-electron chi connectivity index (χ1n) is 9.97. The van der Waals surface area contributed by atoms with Gasteiger partial charge in [-0.05, 0) is 53.3 Å². The van der Waals surface area contributed by atoms with Crippen molar-refractivity contribution in [1.82, 2.24) is 0 Å². The van der Waals surface area contributed by atoms with Crippen molar-refractivity contribution in [2.45, 2.75) is 46.1 Å². The number of benzene rings is 2. The van der Waals surface area contributed by atoms with Crippen molar-refractivity contribution in [1.29, 1.82) is 0 Å². The maximum Gasteiger partial charge on any atom is 0.123 e. The molecule has 1 atom stereocenters. The van der Waals surface area contributed by atoms with Crippen LogP contribution in [0.4, 0.5) is 0 Å². The molecule has 0 saturated carbocycles.